The van der Waals surface area contributed by atoms with Crippen LogP contribution in [0.1, 0.15) is 45.0 Å². The molecule has 1 N–H and O–H groups in total. The van der Waals surface area contributed by atoms with E-state index in [2.05, 4.69) is 4.72 Å². The molecule has 1 fully saturated rings. The molecule has 0 aromatic heterocycles. The molecule has 2 rings (SSSR count). The second-order valence-electron chi connectivity index (χ2n) is 7.35. The summed E-state index contributed by atoms with van der Waals surface area (Å²) in [7, 11) is -3.74. The number of nitrogens with zero attached hydrogens (tertiary/aromatic N) is 1. The Morgan fingerprint density at radius 2 is 1.79 bits per heavy atom. The fraction of sp³-hybridized carbons (Fsp3) is 0.579. The predicted octanol–water partition coefficient (Wildman–Crippen LogP) is 1.55. The summed E-state index contributed by atoms with van der Waals surface area (Å²) in [5.74, 6) is -1.06. The normalized spacial score (nSPS) is 21.4. The molecule has 156 valence electrons. The van der Waals surface area contributed by atoms with Gasteiger partial charge in [0, 0.05) is 19.1 Å². The van der Waals surface area contributed by atoms with Gasteiger partial charge in [-0.15, -0.1) is 0 Å². The van der Waals surface area contributed by atoms with Gasteiger partial charge >= 0.3 is 5.97 Å². The molecule has 0 saturated carbocycles. The highest BCUT2D eigenvalue weighted by molar-refractivity contribution is 7.89. The van der Waals surface area contributed by atoms with Crippen molar-refractivity contribution in [2.75, 3.05) is 13.1 Å². The van der Waals surface area contributed by atoms with Crippen molar-refractivity contribution in [3.05, 3.63) is 29.8 Å². The van der Waals surface area contributed by atoms with E-state index >= 15 is 0 Å². The highest BCUT2D eigenvalue weighted by Gasteiger charge is 2.30. The zero-order valence-electron chi connectivity index (χ0n) is 16.8. The average Bonchev–Trinajstić information content (AvgIpc) is 2.59. The first-order chi connectivity index (χ1) is 13.0. The average molecular weight is 413 g/mol. The molecule has 1 saturated heterocycles. The van der Waals surface area contributed by atoms with Crippen molar-refractivity contribution in [1.29, 1.82) is 0 Å². The number of carbonyl (C=O) groups is 2. The summed E-state index contributed by atoms with van der Waals surface area (Å²) < 4.78 is 37.9. The van der Waals surface area contributed by atoms with Crippen LogP contribution in [0.25, 0.3) is 0 Å². The zero-order chi connectivity index (χ0) is 21.1. The summed E-state index contributed by atoms with van der Waals surface area (Å²) >= 11 is 0. The lowest BCUT2D eigenvalue weighted by Gasteiger charge is -2.36. The number of morpholine rings is 1. The van der Waals surface area contributed by atoms with Gasteiger partial charge in [0.25, 0.3) is 5.91 Å². The number of rotatable bonds is 6. The number of amides is 1. The third-order valence-electron chi connectivity index (χ3n) is 4.13. The van der Waals surface area contributed by atoms with Gasteiger partial charge in [-0.05, 0) is 52.8 Å². The van der Waals surface area contributed by atoms with Crippen LogP contribution in [0.3, 0.4) is 0 Å². The van der Waals surface area contributed by atoms with Crippen LogP contribution < -0.4 is 4.72 Å². The number of carbonyl (C=O) groups excluding carboxylic acids is 2. The quantitative estimate of drug-likeness (QED) is 0.712. The van der Waals surface area contributed by atoms with Gasteiger partial charge in [-0.1, -0.05) is 6.07 Å². The minimum absolute atomic E-state index is 0.0366. The highest BCUT2D eigenvalue weighted by Crippen LogP contribution is 2.16. The van der Waals surface area contributed by atoms with Crippen LogP contribution in [0.4, 0.5) is 0 Å². The van der Waals surface area contributed by atoms with Crippen LogP contribution in [0.2, 0.25) is 0 Å². The Kier molecular flexibility index (Phi) is 7.19. The van der Waals surface area contributed by atoms with Gasteiger partial charge in [0.05, 0.1) is 22.7 Å². The van der Waals surface area contributed by atoms with E-state index in [0.29, 0.717) is 13.1 Å². The third kappa shape index (κ3) is 5.76. The number of hydrogen-bond donors (Lipinski definition) is 1. The van der Waals surface area contributed by atoms with E-state index in [0.717, 1.165) is 0 Å². The summed E-state index contributed by atoms with van der Waals surface area (Å²) in [6, 6.07) is 5.27. The molecule has 9 heteroatoms. The number of sulfonamides is 1. The highest BCUT2D eigenvalue weighted by atomic mass is 32.2. The van der Waals surface area contributed by atoms with Crippen molar-refractivity contribution in [3.8, 4) is 0 Å². The van der Waals surface area contributed by atoms with Crippen molar-refractivity contribution in [2.24, 2.45) is 0 Å². The molecule has 0 radical (unpaired) electrons. The molecule has 1 amide bonds. The molecule has 1 aliphatic rings. The summed E-state index contributed by atoms with van der Waals surface area (Å²) in [5, 5.41) is 0. The fourth-order valence-corrected chi connectivity index (χ4v) is 4.36. The van der Waals surface area contributed by atoms with Crippen LogP contribution in [0, 0.1) is 0 Å². The van der Waals surface area contributed by atoms with Gasteiger partial charge < -0.3 is 14.4 Å². The zero-order valence-corrected chi connectivity index (χ0v) is 17.7. The van der Waals surface area contributed by atoms with Gasteiger partial charge in [-0.3, -0.25) is 4.79 Å². The molecule has 1 heterocycles. The first kappa shape index (κ1) is 22.3. The van der Waals surface area contributed by atoms with Crippen LogP contribution in [-0.4, -0.2) is 62.6 Å². The Hall–Kier alpha value is -1.97. The molecule has 0 aliphatic carbocycles. The number of esters is 1. The van der Waals surface area contributed by atoms with Crippen molar-refractivity contribution >= 4 is 21.9 Å². The molecule has 28 heavy (non-hydrogen) atoms. The van der Waals surface area contributed by atoms with Crippen molar-refractivity contribution < 1.29 is 27.5 Å². The molecule has 1 aliphatic heterocycles. The van der Waals surface area contributed by atoms with Gasteiger partial charge in [0.2, 0.25) is 10.0 Å². The summed E-state index contributed by atoms with van der Waals surface area (Å²) in [4.78, 5) is 26.6. The predicted molar refractivity (Wildman–Crippen MR) is 103 cm³/mol. The molecule has 0 spiro atoms. The van der Waals surface area contributed by atoms with Crippen LogP contribution in [-0.2, 0) is 24.3 Å². The van der Waals surface area contributed by atoms with E-state index in [1.807, 2.05) is 13.8 Å². The smallest absolute Gasteiger partial charge is 0.338 e. The summed E-state index contributed by atoms with van der Waals surface area (Å²) in [6.45, 7) is 9.53. The molecule has 1 aromatic carbocycles. The SMILES string of the molecule is CC(C)NS(=O)(=O)c1cccc(C(=O)OC(C)C(=O)N2CC(C)OC(C)C2)c1. The standard InChI is InChI=1S/C19H28N2O6S/c1-12(2)20-28(24,25)17-8-6-7-16(9-17)19(23)27-15(5)18(22)21-10-13(3)26-14(4)11-21/h6-9,12-15,20H,10-11H2,1-5H3. The van der Waals surface area contributed by atoms with E-state index in [1.165, 1.54) is 31.2 Å². The topological polar surface area (TPSA) is 102 Å². The maximum atomic E-state index is 12.6. The molecule has 8 nitrogen and oxygen atoms in total. The Labute approximate surface area is 166 Å². The van der Waals surface area contributed by atoms with Crippen molar-refractivity contribution in [3.63, 3.8) is 0 Å². The van der Waals surface area contributed by atoms with E-state index in [1.54, 1.807) is 18.7 Å². The summed E-state index contributed by atoms with van der Waals surface area (Å²) in [6.07, 6.45) is -1.17. The second kappa shape index (κ2) is 9.02. The van der Waals surface area contributed by atoms with Gasteiger partial charge in [-0.25, -0.2) is 17.9 Å². The van der Waals surface area contributed by atoms with Gasteiger partial charge in [0.1, 0.15) is 0 Å². The minimum atomic E-state index is -3.74. The molecule has 3 unspecified atom stereocenters. The number of ether oxygens (including phenoxy) is 2. The molecular formula is C19H28N2O6S. The Morgan fingerprint density at radius 3 is 2.36 bits per heavy atom. The molecule has 3 atom stereocenters. The van der Waals surface area contributed by atoms with Crippen LogP contribution >= 0.6 is 0 Å². The second-order valence-corrected chi connectivity index (χ2v) is 9.07. The maximum Gasteiger partial charge on any atom is 0.338 e. The summed E-state index contributed by atoms with van der Waals surface area (Å²) in [5.41, 5.74) is 0.0648. The monoisotopic (exact) mass is 412 g/mol. The van der Waals surface area contributed by atoms with Gasteiger partial charge in [-0.2, -0.15) is 0 Å². The number of benzene rings is 1. The van der Waals surface area contributed by atoms with Crippen LogP contribution in [0.5, 0.6) is 0 Å². The molecule has 0 bridgehead atoms. The number of nitrogens with one attached hydrogen (secondary N) is 1. The van der Waals surface area contributed by atoms with E-state index in [4.69, 9.17) is 9.47 Å². The van der Waals surface area contributed by atoms with Gasteiger partial charge in [0.15, 0.2) is 6.10 Å². The Balaban J connectivity index is 2.08. The fourth-order valence-electron chi connectivity index (χ4n) is 3.06. The Morgan fingerprint density at radius 1 is 1.18 bits per heavy atom. The van der Waals surface area contributed by atoms with E-state index in [9.17, 15) is 18.0 Å². The minimum Gasteiger partial charge on any atom is -0.449 e. The lowest BCUT2D eigenvalue weighted by molar-refractivity contribution is -0.151. The Bertz CT molecular complexity index is 813. The lowest BCUT2D eigenvalue weighted by atomic mass is 10.2. The van der Waals surface area contributed by atoms with Crippen LogP contribution in [0.15, 0.2) is 29.2 Å². The molecule has 1 aromatic rings. The third-order valence-corrected chi connectivity index (χ3v) is 5.79. The molecular weight excluding hydrogens is 384 g/mol. The lowest BCUT2D eigenvalue weighted by Crippen LogP contribution is -2.51. The van der Waals surface area contributed by atoms with Crippen molar-refractivity contribution in [1.82, 2.24) is 9.62 Å². The first-order valence-electron chi connectivity index (χ1n) is 9.27. The maximum absolute atomic E-state index is 12.6. The first-order valence-corrected chi connectivity index (χ1v) is 10.8. The largest absolute Gasteiger partial charge is 0.449 e. The van der Waals surface area contributed by atoms with E-state index in [-0.39, 0.29) is 34.6 Å². The number of hydrogen-bond acceptors (Lipinski definition) is 6. The van der Waals surface area contributed by atoms with E-state index < -0.39 is 22.1 Å². The van der Waals surface area contributed by atoms with Crippen molar-refractivity contribution in [2.45, 2.75) is 63.9 Å².